The summed E-state index contributed by atoms with van der Waals surface area (Å²) in [5.41, 5.74) is 2.42. The van der Waals surface area contributed by atoms with Crippen molar-refractivity contribution < 1.29 is 0 Å². The minimum Gasteiger partial charge on any atom is -0.237 e. The number of hydrogen-bond acceptors (Lipinski definition) is 2. The van der Waals surface area contributed by atoms with Crippen molar-refractivity contribution in [1.82, 2.24) is 9.55 Å². The third-order valence-electron chi connectivity index (χ3n) is 2.34. The molecule has 0 aliphatic carbocycles. The summed E-state index contributed by atoms with van der Waals surface area (Å²) in [6.45, 7) is 1.99. The molecule has 1 aromatic heterocycles. The van der Waals surface area contributed by atoms with Gasteiger partial charge in [-0.1, -0.05) is 18.8 Å². The summed E-state index contributed by atoms with van der Waals surface area (Å²) in [5.74, 6) is 6.02. The predicted octanol–water partition coefficient (Wildman–Crippen LogP) is 3.46. The van der Waals surface area contributed by atoms with Crippen LogP contribution in [0.2, 0.25) is 0 Å². The van der Waals surface area contributed by atoms with Gasteiger partial charge in [0.1, 0.15) is 6.07 Å². The number of benzene rings is 1. The average molecular weight is 353 g/mol. The summed E-state index contributed by atoms with van der Waals surface area (Å²) in [4.78, 5) is 0. The molecule has 0 aliphatic heterocycles. The van der Waals surface area contributed by atoms with Crippen molar-refractivity contribution in [3.63, 3.8) is 0 Å². The summed E-state index contributed by atoms with van der Waals surface area (Å²) in [7, 11) is 0. The number of aromatic nitrogens is 2. The molecule has 5 heteroatoms. The number of nitrogens with zero attached hydrogens (tertiary/aromatic N) is 3. The lowest BCUT2D eigenvalue weighted by molar-refractivity contribution is 1.04. The molecular weight excluding hydrogens is 344 g/mol. The van der Waals surface area contributed by atoms with Gasteiger partial charge in [0.15, 0.2) is 0 Å². The van der Waals surface area contributed by atoms with Gasteiger partial charge in [0.25, 0.3) is 0 Å². The van der Waals surface area contributed by atoms with Crippen molar-refractivity contribution in [2.75, 3.05) is 0 Å². The van der Waals surface area contributed by atoms with Crippen LogP contribution in [0.3, 0.4) is 0 Å². The van der Waals surface area contributed by atoms with E-state index in [1.54, 1.807) is 6.20 Å². The maximum atomic E-state index is 9.24. The maximum absolute atomic E-state index is 9.24. The van der Waals surface area contributed by atoms with Gasteiger partial charge < -0.3 is 0 Å². The van der Waals surface area contributed by atoms with E-state index in [4.69, 9.17) is 0 Å². The second kappa shape index (κ2) is 5.49. The van der Waals surface area contributed by atoms with Crippen molar-refractivity contribution >= 4 is 39.3 Å². The van der Waals surface area contributed by atoms with Gasteiger partial charge >= 0.3 is 0 Å². The molecule has 84 valence electrons. The highest BCUT2D eigenvalue weighted by molar-refractivity contribution is 14.2. The highest BCUT2D eigenvalue weighted by Crippen LogP contribution is 2.30. The molecule has 1 unspecified atom stereocenters. The molecule has 17 heavy (non-hydrogen) atoms. The Balaban J connectivity index is 2.71. The van der Waals surface area contributed by atoms with Gasteiger partial charge in [0.05, 0.1) is 23.7 Å². The Kier molecular flexibility index (Phi) is 3.99. The largest absolute Gasteiger partial charge is 0.237 e. The minimum absolute atomic E-state index is 0.534. The molecule has 2 rings (SSSR count). The highest BCUT2D eigenvalue weighted by Gasteiger charge is 2.09. The second-order valence-corrected chi connectivity index (χ2v) is 5.37. The summed E-state index contributed by atoms with van der Waals surface area (Å²) >= 11 is 2.27. The fraction of sp³-hybridized carbons (Fsp3) is 0.167. The Morgan fingerprint density at radius 2 is 2.35 bits per heavy atom. The van der Waals surface area contributed by atoms with Gasteiger partial charge in [0, 0.05) is 17.4 Å². The average Bonchev–Trinajstić information content (AvgIpc) is 2.78. The van der Waals surface area contributed by atoms with Crippen LogP contribution >= 0.6 is 28.4 Å². The lowest BCUT2D eigenvalue weighted by atomic mass is 10.0. The van der Waals surface area contributed by atoms with Gasteiger partial charge in [-0.05, 0) is 34.2 Å². The van der Waals surface area contributed by atoms with Gasteiger partial charge in [-0.25, -0.2) is 4.45 Å². The molecule has 1 atom stereocenters. The fourth-order valence-electron chi connectivity index (χ4n) is 1.58. The van der Waals surface area contributed by atoms with Crippen LogP contribution in [0.25, 0.3) is 10.9 Å². The molecule has 0 amide bonds. The molecule has 0 bridgehead atoms. The van der Waals surface area contributed by atoms with Crippen molar-refractivity contribution in [2.45, 2.75) is 13.3 Å². The zero-order chi connectivity index (χ0) is 12.3. The monoisotopic (exact) mass is 353 g/mol. The zero-order valence-electron chi connectivity index (χ0n) is 9.16. The molecule has 0 radical (unpaired) electrons. The van der Waals surface area contributed by atoms with Crippen molar-refractivity contribution in [3.05, 3.63) is 29.5 Å². The van der Waals surface area contributed by atoms with E-state index in [1.807, 2.05) is 23.5 Å². The van der Waals surface area contributed by atoms with E-state index < -0.39 is 0 Å². The molecule has 0 N–H and O–H groups in total. The fourth-order valence-corrected chi connectivity index (χ4v) is 3.12. The number of hydrogen-bond donors (Lipinski definition) is 0. The zero-order valence-corrected chi connectivity index (χ0v) is 12.3. The van der Waals surface area contributed by atoms with E-state index in [0.717, 1.165) is 22.9 Å². The number of nitriles is 1. The predicted molar refractivity (Wildman–Crippen MR) is 79.4 cm³/mol. The van der Waals surface area contributed by atoms with Crippen molar-refractivity contribution in [3.8, 4) is 17.9 Å². The minimum atomic E-state index is 0.534. The van der Waals surface area contributed by atoms with E-state index >= 15 is 0 Å². The molecule has 2 aromatic rings. The molecule has 1 aromatic carbocycles. The van der Waals surface area contributed by atoms with E-state index in [0.29, 0.717) is 11.9 Å². The van der Waals surface area contributed by atoms with E-state index in [-0.39, 0.29) is 0 Å². The summed E-state index contributed by atoms with van der Waals surface area (Å²) in [6, 6.07) is 6.11. The molecular formula is C12H9IN3P. The Hall–Kier alpha value is -1.10. The van der Waals surface area contributed by atoms with E-state index in [1.165, 1.54) is 0 Å². The first-order valence-electron chi connectivity index (χ1n) is 5.08. The first-order valence-corrected chi connectivity index (χ1v) is 9.14. The van der Waals surface area contributed by atoms with Crippen molar-refractivity contribution in [1.29, 1.82) is 5.26 Å². The summed E-state index contributed by atoms with van der Waals surface area (Å²) < 4.78 is 1.90. The van der Waals surface area contributed by atoms with Crippen LogP contribution in [0.4, 0.5) is 0 Å². The number of rotatable bonds is 1. The van der Waals surface area contributed by atoms with Crippen LogP contribution in [0.15, 0.2) is 18.3 Å². The quantitative estimate of drug-likeness (QED) is 0.448. The Morgan fingerprint density at radius 1 is 1.53 bits per heavy atom. The first kappa shape index (κ1) is 12.4. The SMILES string of the molecule is CCC#Cc1ccc2c(cnn2PI)c1C#N. The normalized spacial score (nSPS) is 10.4. The van der Waals surface area contributed by atoms with Crippen molar-refractivity contribution in [2.24, 2.45) is 0 Å². The maximum Gasteiger partial charge on any atom is 0.101 e. The first-order chi connectivity index (χ1) is 8.31. The molecule has 1 heterocycles. The summed E-state index contributed by atoms with van der Waals surface area (Å²) in [6.07, 6.45) is 3.07. The molecule has 0 saturated heterocycles. The molecule has 3 nitrogen and oxygen atoms in total. The lowest BCUT2D eigenvalue weighted by Crippen LogP contribution is -1.87. The standard InChI is InChI=1S/C12H9IN3P/c1-2-3-4-9-5-6-12-11(10(9)7-14)8-15-16(12)17-13/h5-6,8,17H,2H2,1H3. The molecule has 0 aliphatic rings. The lowest BCUT2D eigenvalue weighted by Gasteiger charge is -2.00. The van der Waals surface area contributed by atoms with Crippen LogP contribution in [0, 0.1) is 23.2 Å². The Morgan fingerprint density at radius 3 is 3.00 bits per heavy atom. The molecule has 0 spiro atoms. The van der Waals surface area contributed by atoms with Crippen LogP contribution in [0.5, 0.6) is 0 Å². The van der Waals surface area contributed by atoms with Gasteiger partial charge in [-0.2, -0.15) is 10.4 Å². The number of fused-ring (bicyclic) bond motifs is 1. The van der Waals surface area contributed by atoms with Crippen LogP contribution in [-0.2, 0) is 0 Å². The topological polar surface area (TPSA) is 41.6 Å². The highest BCUT2D eigenvalue weighted by atomic mass is 127. The van der Waals surface area contributed by atoms with Gasteiger partial charge in [0.2, 0.25) is 0 Å². The van der Waals surface area contributed by atoms with Crippen LogP contribution in [0.1, 0.15) is 24.5 Å². The van der Waals surface area contributed by atoms with E-state index in [9.17, 15) is 5.26 Å². The Labute approximate surface area is 115 Å². The second-order valence-electron chi connectivity index (χ2n) is 3.33. The van der Waals surface area contributed by atoms with Gasteiger partial charge in [-0.3, -0.25) is 0 Å². The van der Waals surface area contributed by atoms with Crippen LogP contribution < -0.4 is 0 Å². The molecule has 0 saturated carbocycles. The van der Waals surface area contributed by atoms with Crippen LogP contribution in [-0.4, -0.2) is 9.55 Å². The third kappa shape index (κ3) is 2.29. The van der Waals surface area contributed by atoms with E-state index in [2.05, 4.69) is 45.0 Å². The third-order valence-corrected chi connectivity index (χ3v) is 4.23. The molecule has 0 fully saturated rings. The van der Waals surface area contributed by atoms with Gasteiger partial charge in [-0.15, -0.1) is 0 Å². The number of halogens is 1. The summed E-state index contributed by atoms with van der Waals surface area (Å²) in [5, 5.41) is 14.4. The smallest absolute Gasteiger partial charge is 0.101 e. The Bertz CT molecular complexity index is 658.